The lowest BCUT2D eigenvalue weighted by Crippen LogP contribution is -2.30. The molecule has 7 rings (SSSR count). The number of imidazole rings is 1. The molecule has 0 fully saturated rings. The Bertz CT molecular complexity index is 2710. The number of allylic oxidation sites excluding steroid dienone is 6. The molecule has 3 heterocycles. The Kier molecular flexibility index (Phi) is 13.3. The average Bonchev–Trinajstić information content (AvgIpc) is 3.62. The van der Waals surface area contributed by atoms with Crippen LogP contribution in [0.15, 0.2) is 174 Å². The van der Waals surface area contributed by atoms with Gasteiger partial charge in [-0.05, 0) is 78.8 Å². The van der Waals surface area contributed by atoms with E-state index in [0.717, 1.165) is 60.8 Å². The number of hydrogen-bond donors (Lipinski definition) is 1. The van der Waals surface area contributed by atoms with Crippen molar-refractivity contribution in [1.29, 1.82) is 0 Å². The summed E-state index contributed by atoms with van der Waals surface area (Å²) in [7, 11) is 0.210. The van der Waals surface area contributed by atoms with Gasteiger partial charge in [-0.1, -0.05) is 150 Å². The van der Waals surface area contributed by atoms with Crippen molar-refractivity contribution in [2.45, 2.75) is 41.5 Å². The monoisotopic (exact) mass is 780 g/mol. The van der Waals surface area contributed by atoms with Crippen molar-refractivity contribution >= 4 is 66.2 Å². The van der Waals surface area contributed by atoms with E-state index in [4.69, 9.17) is 20.5 Å². The van der Waals surface area contributed by atoms with Crippen LogP contribution in [0.2, 0.25) is 0 Å². The number of benzene rings is 4. The topological polar surface area (TPSA) is 71.3 Å². The minimum absolute atomic E-state index is 0.210. The van der Waals surface area contributed by atoms with Gasteiger partial charge < -0.3 is 10.6 Å². The average molecular weight is 781 g/mol. The first-order chi connectivity index (χ1) is 28.2. The zero-order valence-corrected chi connectivity index (χ0v) is 35.4. The number of rotatable bonds is 8. The normalized spacial score (nSPS) is 16.8. The lowest BCUT2D eigenvalue weighted by Gasteiger charge is -2.33. The molecule has 0 spiro atoms. The highest BCUT2D eigenvalue weighted by Gasteiger charge is 2.28. The number of nitrogens with two attached hydrogens (primary N) is 1. The third-order valence-corrected chi connectivity index (χ3v) is 11.0. The van der Waals surface area contributed by atoms with Crippen LogP contribution in [-0.2, 0) is 0 Å². The van der Waals surface area contributed by atoms with Crippen molar-refractivity contribution in [1.82, 2.24) is 9.38 Å². The number of nitrogens with zero attached hydrogens (tertiary/aromatic N) is 5. The van der Waals surface area contributed by atoms with Crippen LogP contribution in [0.5, 0.6) is 0 Å². The fourth-order valence-corrected chi connectivity index (χ4v) is 7.81. The highest BCUT2D eigenvalue weighted by molar-refractivity contribution is 7.46. The van der Waals surface area contributed by atoms with Gasteiger partial charge in [-0.3, -0.25) is 4.40 Å². The number of hydrogen-bond acceptors (Lipinski definition) is 3. The molecule has 4 aromatic carbocycles. The maximum Gasteiger partial charge on any atom is 0.160 e. The second kappa shape index (κ2) is 18.7. The van der Waals surface area contributed by atoms with E-state index in [-0.39, 0.29) is 8.73 Å². The summed E-state index contributed by atoms with van der Waals surface area (Å²) in [6.07, 6.45) is 16.8. The Morgan fingerprint density at radius 2 is 1.55 bits per heavy atom. The molecule has 2 N–H and O–H groups in total. The Hall–Kier alpha value is -6.36. The second-order valence-electron chi connectivity index (χ2n) is 14.3. The Morgan fingerprint density at radius 1 is 0.879 bits per heavy atom. The van der Waals surface area contributed by atoms with Gasteiger partial charge in [-0.2, -0.15) is 0 Å². The van der Waals surface area contributed by atoms with Gasteiger partial charge >= 0.3 is 0 Å². The summed E-state index contributed by atoms with van der Waals surface area (Å²) in [6, 6.07) is 37.0. The lowest BCUT2D eigenvalue weighted by molar-refractivity contribution is 0.623. The fourth-order valence-electron chi connectivity index (χ4n) is 7.05. The summed E-state index contributed by atoms with van der Waals surface area (Å²) in [5.74, 6) is 0.995. The molecule has 1 atom stereocenters. The zero-order valence-electron chi connectivity index (χ0n) is 34.4. The smallest absolute Gasteiger partial charge is 0.160 e. The number of amidine groups is 2. The number of aliphatic imine (C=N–C) groups is 1. The van der Waals surface area contributed by atoms with Gasteiger partial charge in [0.05, 0.1) is 16.2 Å². The van der Waals surface area contributed by atoms with Gasteiger partial charge in [0.2, 0.25) is 0 Å². The van der Waals surface area contributed by atoms with Crippen LogP contribution in [0.25, 0.3) is 34.8 Å². The molecular weight excluding hydrogens is 728 g/mol. The first kappa shape index (κ1) is 41.3. The van der Waals surface area contributed by atoms with E-state index < -0.39 is 5.41 Å². The second-order valence-corrected chi connectivity index (χ2v) is 15.3. The van der Waals surface area contributed by atoms with E-state index in [2.05, 4.69) is 122 Å². The number of pyridine rings is 1. The number of para-hydroxylation sites is 1. The van der Waals surface area contributed by atoms with Gasteiger partial charge in [0.25, 0.3) is 0 Å². The van der Waals surface area contributed by atoms with Crippen LogP contribution in [0, 0.1) is 12.3 Å². The molecule has 58 heavy (non-hydrogen) atoms. The number of fused-ring (bicyclic) bond motifs is 5. The molecule has 1 aliphatic heterocycles. The predicted octanol–water partition coefficient (Wildman–Crippen LogP) is 10.2. The summed E-state index contributed by atoms with van der Waals surface area (Å²) < 4.78 is 7.22. The van der Waals surface area contributed by atoms with Crippen LogP contribution in [0.1, 0.15) is 56.9 Å². The summed E-state index contributed by atoms with van der Waals surface area (Å²) >= 11 is 0. The summed E-state index contributed by atoms with van der Waals surface area (Å²) in [5.41, 5.74) is 15.3. The maximum atomic E-state index is 6.72. The minimum atomic E-state index is -0.444. The van der Waals surface area contributed by atoms with E-state index in [1.54, 1.807) is 0 Å². The number of anilines is 1. The van der Waals surface area contributed by atoms with E-state index in [1.165, 1.54) is 10.9 Å². The van der Waals surface area contributed by atoms with Gasteiger partial charge in [-0.15, -0.1) is 0 Å². The molecule has 0 saturated heterocycles. The van der Waals surface area contributed by atoms with E-state index in [9.17, 15) is 0 Å². The largest absolute Gasteiger partial charge is 0.383 e. The minimum Gasteiger partial charge on any atom is -0.383 e. The maximum absolute atomic E-state index is 6.72. The van der Waals surface area contributed by atoms with Gasteiger partial charge in [0.15, 0.2) is 5.84 Å². The molecule has 0 aliphatic carbocycles. The van der Waals surface area contributed by atoms with Crippen LogP contribution < -0.4 is 26.6 Å². The predicted molar refractivity (Wildman–Crippen MR) is 254 cm³/mol. The van der Waals surface area contributed by atoms with Crippen molar-refractivity contribution in [2.24, 2.45) is 20.9 Å². The standard InChI is InChI=1S/C49H47N6P.C2H6/c1-7-9-12-24-40-34(3)48-51-42-33-49(5,6)35(4)43(19-8-2)54(32-31-45(42)55(48)44-26-18-17-25-41(40)44)38-29-27-36(28-30-38)46(50)52-47(37-20-13-10-14-21-37)53-56-39-22-15-11-16-23-39;1-2/h7-31,33,56H,2,4,32H2,1,3,5-6H3,(H2,50,52,53);1-2H3/b9-7-,24-12-,42-33+,43-19+,45-31+;. The van der Waals surface area contributed by atoms with Crippen molar-refractivity contribution < 1.29 is 0 Å². The first-order valence-electron chi connectivity index (χ1n) is 19.8. The quantitative estimate of drug-likeness (QED) is 0.0724. The summed E-state index contributed by atoms with van der Waals surface area (Å²) in [6.45, 7) is 21.9. The molecule has 6 nitrogen and oxygen atoms in total. The van der Waals surface area contributed by atoms with Gasteiger partial charge in [0, 0.05) is 54.2 Å². The molecule has 0 amide bonds. The molecular formula is C51H53N6P. The summed E-state index contributed by atoms with van der Waals surface area (Å²) in [5, 5.41) is 4.29. The molecule has 1 unspecified atom stereocenters. The van der Waals surface area contributed by atoms with Crippen LogP contribution >= 0.6 is 8.73 Å². The first-order valence-corrected chi connectivity index (χ1v) is 20.8. The SMILES string of the molecule is C=C/C=C1\C(=C)C(C)(C)/C=c2/nc3c(C)c(/C=C\C=C/C)c4ccccc4n3/c2=C/CN1c1ccc(C(N)=N/C(=N\Pc2ccccc2)c2ccccc2)cc1.CC. The number of aryl methyl sites for hydroxylation is 1. The molecule has 2 aromatic heterocycles. The van der Waals surface area contributed by atoms with Crippen molar-refractivity contribution in [2.75, 3.05) is 11.4 Å². The van der Waals surface area contributed by atoms with E-state index >= 15 is 0 Å². The third kappa shape index (κ3) is 8.78. The van der Waals surface area contributed by atoms with E-state index in [0.29, 0.717) is 18.2 Å². The van der Waals surface area contributed by atoms with Crippen molar-refractivity contribution in [3.05, 3.63) is 197 Å². The Labute approximate surface area is 345 Å². The van der Waals surface area contributed by atoms with Gasteiger partial charge in [-0.25, -0.2) is 14.7 Å². The molecule has 6 aromatic rings. The molecule has 0 bridgehead atoms. The zero-order chi connectivity index (χ0) is 41.2. The summed E-state index contributed by atoms with van der Waals surface area (Å²) in [4.78, 5) is 12.5. The highest BCUT2D eigenvalue weighted by atomic mass is 31.1. The van der Waals surface area contributed by atoms with E-state index in [1.807, 2.05) is 99.7 Å². The molecule has 292 valence electrons. The molecule has 7 heteroatoms. The Morgan fingerprint density at radius 3 is 2.24 bits per heavy atom. The van der Waals surface area contributed by atoms with Crippen molar-refractivity contribution in [3.63, 3.8) is 0 Å². The molecule has 0 saturated carbocycles. The highest BCUT2D eigenvalue weighted by Crippen LogP contribution is 2.36. The lowest BCUT2D eigenvalue weighted by atomic mass is 9.82. The van der Waals surface area contributed by atoms with Crippen LogP contribution in [0.3, 0.4) is 0 Å². The fraction of sp³-hybridized carbons (Fsp3) is 0.157. The molecule has 1 aliphatic rings. The van der Waals surface area contributed by atoms with Crippen LogP contribution in [0.4, 0.5) is 5.69 Å². The third-order valence-electron chi connectivity index (χ3n) is 10.1. The van der Waals surface area contributed by atoms with Crippen LogP contribution in [-0.4, -0.2) is 27.6 Å². The Balaban J connectivity index is 0.00000279. The number of aromatic nitrogens is 2. The van der Waals surface area contributed by atoms with Crippen molar-refractivity contribution in [3.8, 4) is 0 Å². The molecule has 0 radical (unpaired) electrons. The van der Waals surface area contributed by atoms with Gasteiger partial charge in [0.1, 0.15) is 11.5 Å².